The molecule has 0 radical (unpaired) electrons. The molecule has 22 heavy (non-hydrogen) atoms. The van der Waals surface area contributed by atoms with E-state index in [2.05, 4.69) is 12.2 Å². The molecule has 0 fully saturated rings. The molecule has 0 unspecified atom stereocenters. The van der Waals surface area contributed by atoms with Crippen molar-refractivity contribution in [3.8, 4) is 0 Å². The number of carbonyl (C=O) groups excluding carboxylic acids is 2. The molecule has 0 aliphatic heterocycles. The molecule has 0 saturated heterocycles. The van der Waals surface area contributed by atoms with Gasteiger partial charge in [-0.25, -0.2) is 9.59 Å². The first kappa shape index (κ1) is 21.1. The van der Waals surface area contributed by atoms with E-state index in [0.717, 1.165) is 44.3 Å². The molecule has 0 aliphatic carbocycles. The molecular weight excluding hydrogens is 302 g/mol. The minimum atomic E-state index is -0.618. The fourth-order valence-corrected chi connectivity index (χ4v) is 2.25. The van der Waals surface area contributed by atoms with Crippen LogP contribution < -0.4 is 5.32 Å². The molecule has 0 aromatic rings. The number of amides is 1. The zero-order chi connectivity index (χ0) is 16.6. The molecule has 0 heterocycles. The van der Waals surface area contributed by atoms with Crippen LogP contribution >= 0.6 is 11.8 Å². The molecule has 0 spiro atoms. The molecule has 0 aromatic heterocycles. The minimum absolute atomic E-state index is 0.363. The molecule has 5 nitrogen and oxygen atoms in total. The first-order valence-electron chi connectivity index (χ1n) is 8.24. The highest BCUT2D eigenvalue weighted by atomic mass is 32.2. The van der Waals surface area contributed by atoms with Crippen LogP contribution in [0.25, 0.3) is 0 Å². The zero-order valence-corrected chi connectivity index (χ0v) is 15.0. The van der Waals surface area contributed by atoms with Crippen molar-refractivity contribution < 1.29 is 19.1 Å². The molecule has 1 atom stereocenters. The normalized spacial score (nSPS) is 11.8. The second kappa shape index (κ2) is 15.0. The topological polar surface area (TPSA) is 64.6 Å². The van der Waals surface area contributed by atoms with Crippen molar-refractivity contribution in [2.75, 3.05) is 25.2 Å². The second-order valence-corrected chi connectivity index (χ2v) is 6.18. The summed E-state index contributed by atoms with van der Waals surface area (Å²) in [6.45, 7) is 4.96. The Labute approximate surface area is 138 Å². The summed E-state index contributed by atoms with van der Waals surface area (Å²) >= 11 is 1.63. The van der Waals surface area contributed by atoms with E-state index in [9.17, 15) is 9.59 Å². The molecule has 0 aliphatic rings. The number of carbonyl (C=O) groups is 2. The maximum absolute atomic E-state index is 12.0. The van der Waals surface area contributed by atoms with Crippen molar-refractivity contribution in [1.82, 2.24) is 5.32 Å². The van der Waals surface area contributed by atoms with E-state index in [-0.39, 0.29) is 5.97 Å². The Morgan fingerprint density at radius 3 is 2.32 bits per heavy atom. The standard InChI is InChI=1S/C16H31NO4S/c1-4-6-8-9-12-20-15(18)14(10-13-22-3)17-16(19)21-11-7-5-2/h14H,4-13H2,1-3H3,(H,17,19)/t14-/m0/s1. The number of alkyl carbamates (subject to hydrolysis) is 1. The highest BCUT2D eigenvalue weighted by molar-refractivity contribution is 7.98. The number of unbranched alkanes of at least 4 members (excludes halogenated alkanes) is 4. The number of nitrogens with one attached hydrogen (secondary N) is 1. The van der Waals surface area contributed by atoms with E-state index < -0.39 is 12.1 Å². The first-order chi connectivity index (χ1) is 10.7. The first-order valence-corrected chi connectivity index (χ1v) is 9.63. The number of ether oxygens (including phenoxy) is 2. The van der Waals surface area contributed by atoms with Crippen LogP contribution in [0.15, 0.2) is 0 Å². The minimum Gasteiger partial charge on any atom is -0.464 e. The van der Waals surface area contributed by atoms with Gasteiger partial charge in [-0.1, -0.05) is 39.5 Å². The Bertz CT molecular complexity index is 300. The lowest BCUT2D eigenvalue weighted by Crippen LogP contribution is -2.42. The monoisotopic (exact) mass is 333 g/mol. The maximum Gasteiger partial charge on any atom is 0.407 e. The van der Waals surface area contributed by atoms with E-state index in [0.29, 0.717) is 19.6 Å². The third-order valence-electron chi connectivity index (χ3n) is 3.16. The summed E-state index contributed by atoms with van der Waals surface area (Å²) in [6, 6.07) is -0.618. The van der Waals surface area contributed by atoms with E-state index in [1.165, 1.54) is 0 Å². The lowest BCUT2D eigenvalue weighted by Gasteiger charge is -2.17. The van der Waals surface area contributed by atoms with Crippen molar-refractivity contribution in [1.29, 1.82) is 0 Å². The van der Waals surface area contributed by atoms with Gasteiger partial charge in [-0.05, 0) is 31.3 Å². The van der Waals surface area contributed by atoms with Crippen LogP contribution in [0, 0.1) is 0 Å². The van der Waals surface area contributed by atoms with Gasteiger partial charge in [0.2, 0.25) is 0 Å². The zero-order valence-electron chi connectivity index (χ0n) is 14.2. The maximum atomic E-state index is 12.0. The van der Waals surface area contributed by atoms with Crippen molar-refractivity contribution in [3.63, 3.8) is 0 Å². The van der Waals surface area contributed by atoms with E-state index in [1.54, 1.807) is 11.8 Å². The molecule has 130 valence electrons. The van der Waals surface area contributed by atoms with Crippen LogP contribution in [0.3, 0.4) is 0 Å². The van der Waals surface area contributed by atoms with Gasteiger partial charge in [-0.3, -0.25) is 0 Å². The van der Waals surface area contributed by atoms with E-state index in [4.69, 9.17) is 9.47 Å². The lowest BCUT2D eigenvalue weighted by molar-refractivity contribution is -0.146. The smallest absolute Gasteiger partial charge is 0.407 e. The van der Waals surface area contributed by atoms with Gasteiger partial charge in [0.15, 0.2) is 0 Å². The Morgan fingerprint density at radius 2 is 1.68 bits per heavy atom. The average molecular weight is 333 g/mol. The molecule has 0 aromatic carbocycles. The fourth-order valence-electron chi connectivity index (χ4n) is 1.78. The number of rotatable bonds is 13. The third-order valence-corrected chi connectivity index (χ3v) is 3.80. The van der Waals surface area contributed by atoms with Crippen molar-refractivity contribution >= 4 is 23.8 Å². The summed E-state index contributed by atoms with van der Waals surface area (Å²) < 4.78 is 10.3. The van der Waals surface area contributed by atoms with E-state index in [1.807, 2.05) is 13.2 Å². The predicted octanol–water partition coefficient (Wildman–Crippen LogP) is 3.76. The number of esters is 1. The summed E-state index contributed by atoms with van der Waals surface area (Å²) in [4.78, 5) is 23.7. The van der Waals surface area contributed by atoms with E-state index >= 15 is 0 Å². The summed E-state index contributed by atoms with van der Waals surface area (Å²) in [7, 11) is 0. The quantitative estimate of drug-likeness (QED) is 0.411. The Morgan fingerprint density at radius 1 is 1.00 bits per heavy atom. The van der Waals surface area contributed by atoms with Crippen molar-refractivity contribution in [2.24, 2.45) is 0 Å². The Hall–Kier alpha value is -0.910. The van der Waals surface area contributed by atoms with Gasteiger partial charge < -0.3 is 14.8 Å². The van der Waals surface area contributed by atoms with Crippen molar-refractivity contribution in [2.45, 2.75) is 64.8 Å². The number of hydrogen-bond donors (Lipinski definition) is 1. The van der Waals surface area contributed by atoms with Crippen LogP contribution in [0.5, 0.6) is 0 Å². The lowest BCUT2D eigenvalue weighted by atomic mass is 10.2. The highest BCUT2D eigenvalue weighted by Gasteiger charge is 2.22. The molecule has 0 rings (SSSR count). The molecular formula is C16H31NO4S. The molecule has 0 bridgehead atoms. The predicted molar refractivity (Wildman–Crippen MR) is 91.3 cm³/mol. The van der Waals surface area contributed by atoms with Crippen LogP contribution in [0.1, 0.15) is 58.8 Å². The van der Waals surface area contributed by atoms with Gasteiger partial charge in [0.1, 0.15) is 6.04 Å². The number of hydrogen-bond acceptors (Lipinski definition) is 5. The molecule has 1 amide bonds. The Balaban J connectivity index is 4.12. The average Bonchev–Trinajstić information content (AvgIpc) is 2.51. The summed E-state index contributed by atoms with van der Waals surface area (Å²) in [6.07, 6.45) is 7.99. The molecule has 1 N–H and O–H groups in total. The second-order valence-electron chi connectivity index (χ2n) is 5.20. The van der Waals surface area contributed by atoms with Crippen LogP contribution in [0.4, 0.5) is 4.79 Å². The van der Waals surface area contributed by atoms with Crippen LogP contribution in [-0.4, -0.2) is 43.3 Å². The summed E-state index contributed by atoms with van der Waals surface area (Å²) in [5.74, 6) is 0.420. The van der Waals surface area contributed by atoms with Gasteiger partial charge in [-0.15, -0.1) is 0 Å². The summed E-state index contributed by atoms with van der Waals surface area (Å²) in [5.41, 5.74) is 0. The SMILES string of the molecule is CCCCCCOC(=O)[C@H](CCSC)NC(=O)OCCCC. The number of thioether (sulfide) groups is 1. The molecule has 6 heteroatoms. The van der Waals surface area contributed by atoms with Gasteiger partial charge in [0, 0.05) is 0 Å². The van der Waals surface area contributed by atoms with Gasteiger partial charge in [0.05, 0.1) is 13.2 Å². The van der Waals surface area contributed by atoms with Gasteiger partial charge in [-0.2, -0.15) is 11.8 Å². The van der Waals surface area contributed by atoms with Crippen LogP contribution in [-0.2, 0) is 14.3 Å². The van der Waals surface area contributed by atoms with Crippen molar-refractivity contribution in [3.05, 3.63) is 0 Å². The van der Waals surface area contributed by atoms with Gasteiger partial charge >= 0.3 is 12.1 Å². The third kappa shape index (κ3) is 11.7. The van der Waals surface area contributed by atoms with Crippen LogP contribution in [0.2, 0.25) is 0 Å². The largest absolute Gasteiger partial charge is 0.464 e. The molecule has 0 saturated carbocycles. The fraction of sp³-hybridized carbons (Fsp3) is 0.875. The highest BCUT2D eigenvalue weighted by Crippen LogP contribution is 2.05. The Kier molecular flexibility index (Phi) is 14.4. The summed E-state index contributed by atoms with van der Waals surface area (Å²) in [5, 5.41) is 2.61. The van der Waals surface area contributed by atoms with Gasteiger partial charge in [0.25, 0.3) is 0 Å².